The normalized spacial score (nSPS) is 15.4. The van der Waals surface area contributed by atoms with Crippen molar-refractivity contribution in [3.63, 3.8) is 0 Å². The molecule has 1 unspecified atom stereocenters. The number of carbonyl (C=O) groups is 1. The zero-order valence-corrected chi connectivity index (χ0v) is 24.9. The first-order valence-corrected chi connectivity index (χ1v) is 15.0. The highest BCUT2D eigenvalue weighted by Gasteiger charge is 2.20. The molecule has 5 rings (SSSR count). The number of carbonyl (C=O) groups excluding carboxylic acids is 1. The summed E-state index contributed by atoms with van der Waals surface area (Å²) in [5.41, 5.74) is 8.76. The lowest BCUT2D eigenvalue weighted by atomic mass is 9.93. The van der Waals surface area contributed by atoms with Gasteiger partial charge < -0.3 is 9.80 Å². The van der Waals surface area contributed by atoms with E-state index in [1.807, 2.05) is 12.1 Å². The van der Waals surface area contributed by atoms with Crippen molar-refractivity contribution in [1.29, 1.82) is 0 Å². The zero-order valence-electron chi connectivity index (χ0n) is 24.9. The highest BCUT2D eigenvalue weighted by atomic mass is 16.1. The van der Waals surface area contributed by atoms with Crippen molar-refractivity contribution in [3.8, 4) is 0 Å². The van der Waals surface area contributed by atoms with E-state index >= 15 is 0 Å². The molecule has 1 atom stereocenters. The molecule has 0 saturated carbocycles. The summed E-state index contributed by atoms with van der Waals surface area (Å²) < 4.78 is 0. The number of likely N-dealkylation sites (tertiary alicyclic amines) is 1. The summed E-state index contributed by atoms with van der Waals surface area (Å²) in [6, 6.07) is 25.4. The van der Waals surface area contributed by atoms with Crippen LogP contribution in [0.4, 0.5) is 0 Å². The molecule has 0 spiro atoms. The van der Waals surface area contributed by atoms with Gasteiger partial charge in [0, 0.05) is 24.6 Å². The second-order valence-corrected chi connectivity index (χ2v) is 11.4. The van der Waals surface area contributed by atoms with Crippen LogP contribution in [-0.2, 0) is 6.42 Å². The number of benzene rings is 3. The Morgan fingerprint density at radius 2 is 1.43 bits per heavy atom. The Morgan fingerprint density at radius 3 is 1.98 bits per heavy atom. The molecule has 0 N–H and O–H groups in total. The van der Waals surface area contributed by atoms with Gasteiger partial charge in [0.05, 0.1) is 0 Å². The van der Waals surface area contributed by atoms with E-state index in [0.717, 1.165) is 44.6 Å². The van der Waals surface area contributed by atoms with Crippen LogP contribution in [0.2, 0.25) is 0 Å². The van der Waals surface area contributed by atoms with Crippen molar-refractivity contribution < 1.29 is 4.79 Å². The minimum Gasteiger partial charge on any atom is -0.309 e. The summed E-state index contributed by atoms with van der Waals surface area (Å²) in [5.74, 6) is 0.388. The number of hydrogen-bond acceptors (Lipinski definition) is 3. The minimum absolute atomic E-state index is 0.102. The van der Waals surface area contributed by atoms with Gasteiger partial charge in [0.2, 0.25) is 0 Å². The SMILES string of the molecule is CCc1ccc(C(=O)C(C)CN2CCCCC2)cc1.CN(C)CCC=C1c2ccccc2C=Cc2ccccc21. The molecular weight excluding hydrogens is 488 g/mol. The van der Waals surface area contributed by atoms with E-state index in [-0.39, 0.29) is 11.7 Å². The summed E-state index contributed by atoms with van der Waals surface area (Å²) in [4.78, 5) is 17.1. The van der Waals surface area contributed by atoms with Crippen molar-refractivity contribution in [2.75, 3.05) is 40.3 Å². The molecule has 0 aromatic heterocycles. The van der Waals surface area contributed by atoms with Crippen LogP contribution in [0.1, 0.15) is 77.7 Å². The molecule has 0 amide bonds. The number of piperidine rings is 1. The third-order valence-electron chi connectivity index (χ3n) is 7.94. The lowest BCUT2D eigenvalue weighted by Crippen LogP contribution is -2.35. The van der Waals surface area contributed by atoms with Gasteiger partial charge in [-0.1, -0.05) is 111 Å². The van der Waals surface area contributed by atoms with Crippen LogP contribution in [0.25, 0.3) is 17.7 Å². The maximum atomic E-state index is 12.4. The van der Waals surface area contributed by atoms with Gasteiger partial charge in [-0.05, 0) is 86.3 Å². The van der Waals surface area contributed by atoms with Gasteiger partial charge in [-0.3, -0.25) is 4.79 Å². The predicted octanol–water partition coefficient (Wildman–Crippen LogP) is 8.11. The number of ketones is 1. The number of Topliss-reactive ketones (excluding diaryl/α,β-unsaturated/α-hetero) is 1. The molecule has 1 aliphatic carbocycles. The molecule has 3 nitrogen and oxygen atoms in total. The summed E-state index contributed by atoms with van der Waals surface area (Å²) in [7, 11) is 4.24. The largest absolute Gasteiger partial charge is 0.309 e. The first kappa shape index (κ1) is 29.7. The van der Waals surface area contributed by atoms with Crippen LogP contribution in [-0.4, -0.2) is 55.9 Å². The van der Waals surface area contributed by atoms with E-state index in [1.54, 1.807) is 0 Å². The van der Waals surface area contributed by atoms with Crippen molar-refractivity contribution in [2.24, 2.45) is 5.92 Å². The molecule has 1 aliphatic heterocycles. The van der Waals surface area contributed by atoms with Crippen LogP contribution < -0.4 is 0 Å². The van der Waals surface area contributed by atoms with Crippen LogP contribution in [0.15, 0.2) is 78.9 Å². The fourth-order valence-corrected chi connectivity index (χ4v) is 5.59. The van der Waals surface area contributed by atoms with Gasteiger partial charge >= 0.3 is 0 Å². The Bertz CT molecular complexity index is 1240. The van der Waals surface area contributed by atoms with E-state index in [1.165, 1.54) is 52.7 Å². The first-order valence-electron chi connectivity index (χ1n) is 15.0. The lowest BCUT2D eigenvalue weighted by Gasteiger charge is -2.28. The Hall–Kier alpha value is -3.27. The molecule has 3 aromatic rings. The van der Waals surface area contributed by atoms with Crippen molar-refractivity contribution in [2.45, 2.75) is 46.0 Å². The monoisotopic (exact) mass is 534 g/mol. The summed E-state index contributed by atoms with van der Waals surface area (Å²) in [6.45, 7) is 8.49. The van der Waals surface area contributed by atoms with Crippen LogP contribution in [0, 0.1) is 5.92 Å². The van der Waals surface area contributed by atoms with E-state index in [0.29, 0.717) is 0 Å². The van der Waals surface area contributed by atoms with Gasteiger partial charge in [-0.25, -0.2) is 0 Å². The summed E-state index contributed by atoms with van der Waals surface area (Å²) >= 11 is 0. The van der Waals surface area contributed by atoms with Crippen LogP contribution >= 0.6 is 0 Å². The third-order valence-corrected chi connectivity index (χ3v) is 7.94. The smallest absolute Gasteiger partial charge is 0.166 e. The van der Waals surface area contributed by atoms with Crippen LogP contribution in [0.5, 0.6) is 0 Å². The van der Waals surface area contributed by atoms with E-state index in [9.17, 15) is 4.79 Å². The number of rotatable bonds is 8. The van der Waals surface area contributed by atoms with Gasteiger partial charge in [-0.15, -0.1) is 0 Å². The van der Waals surface area contributed by atoms with Crippen molar-refractivity contribution in [3.05, 3.63) is 112 Å². The topological polar surface area (TPSA) is 23.6 Å². The molecule has 1 heterocycles. The maximum Gasteiger partial charge on any atom is 0.166 e. The average molecular weight is 535 g/mol. The quantitative estimate of drug-likeness (QED) is 0.213. The fraction of sp³-hybridized carbons (Fsp3) is 0.378. The highest BCUT2D eigenvalue weighted by Crippen LogP contribution is 2.33. The van der Waals surface area contributed by atoms with Gasteiger partial charge in [-0.2, -0.15) is 0 Å². The number of fused-ring (bicyclic) bond motifs is 2. The number of hydrogen-bond donors (Lipinski definition) is 0. The number of aryl methyl sites for hydroxylation is 1. The predicted molar refractivity (Wildman–Crippen MR) is 172 cm³/mol. The Morgan fingerprint density at radius 1 is 0.850 bits per heavy atom. The van der Waals surface area contributed by atoms with Crippen molar-refractivity contribution in [1.82, 2.24) is 9.80 Å². The fourth-order valence-electron chi connectivity index (χ4n) is 5.59. The second kappa shape index (κ2) is 14.9. The molecule has 2 aliphatic rings. The summed E-state index contributed by atoms with van der Waals surface area (Å²) in [6.07, 6.45) is 12.8. The molecule has 1 fully saturated rings. The molecule has 210 valence electrons. The Kier molecular flexibility index (Phi) is 11.1. The lowest BCUT2D eigenvalue weighted by molar-refractivity contribution is 0.0883. The molecule has 1 saturated heterocycles. The second-order valence-electron chi connectivity index (χ2n) is 11.4. The zero-order chi connectivity index (χ0) is 28.3. The highest BCUT2D eigenvalue weighted by molar-refractivity contribution is 5.97. The summed E-state index contributed by atoms with van der Waals surface area (Å²) in [5, 5.41) is 0. The number of nitrogens with zero attached hydrogens (tertiary/aromatic N) is 2. The van der Waals surface area contributed by atoms with Gasteiger partial charge in [0.15, 0.2) is 5.78 Å². The van der Waals surface area contributed by atoms with E-state index < -0.39 is 0 Å². The maximum absolute atomic E-state index is 12.4. The van der Waals surface area contributed by atoms with Gasteiger partial charge in [0.25, 0.3) is 0 Å². The Balaban J connectivity index is 0.000000186. The van der Waals surface area contributed by atoms with E-state index in [2.05, 4.69) is 117 Å². The van der Waals surface area contributed by atoms with E-state index in [4.69, 9.17) is 0 Å². The van der Waals surface area contributed by atoms with Crippen LogP contribution in [0.3, 0.4) is 0 Å². The molecule has 3 heteroatoms. The van der Waals surface area contributed by atoms with Crippen molar-refractivity contribution >= 4 is 23.5 Å². The Labute approximate surface area is 242 Å². The third kappa shape index (κ3) is 8.13. The average Bonchev–Trinajstić information content (AvgIpc) is 3.14. The molecule has 0 bridgehead atoms. The molecule has 0 radical (unpaired) electrons. The molecule has 3 aromatic carbocycles. The standard InChI is InChI=1S/C20H21N.C17H25NO/c1-21(2)15-7-12-20-18-10-5-3-8-16(18)13-14-17-9-4-6-11-19(17)20;1-3-15-7-9-16(10-8-15)17(19)14(2)13-18-11-5-4-6-12-18/h3-6,8-14H,7,15H2,1-2H3;7-10,14H,3-6,11-13H2,1-2H3. The first-order chi connectivity index (χ1) is 19.5. The molecule has 40 heavy (non-hydrogen) atoms. The van der Waals surface area contributed by atoms with Gasteiger partial charge in [0.1, 0.15) is 0 Å². The minimum atomic E-state index is 0.102. The molecular formula is C37H46N2O.